The maximum atomic E-state index is 11.9. The molecule has 22 heavy (non-hydrogen) atoms. The van der Waals surface area contributed by atoms with Crippen LogP contribution in [0.5, 0.6) is 5.75 Å². The Bertz CT molecular complexity index is 636. The molecule has 4 nitrogen and oxygen atoms in total. The summed E-state index contributed by atoms with van der Waals surface area (Å²) in [4.78, 5) is 11.9. The van der Waals surface area contributed by atoms with Gasteiger partial charge in [-0.2, -0.15) is 0 Å². The number of amides is 2. The van der Waals surface area contributed by atoms with Crippen molar-refractivity contribution < 1.29 is 9.53 Å². The topological polar surface area (TPSA) is 50.4 Å². The third kappa shape index (κ3) is 4.52. The van der Waals surface area contributed by atoms with Gasteiger partial charge < -0.3 is 15.4 Å². The van der Waals surface area contributed by atoms with Gasteiger partial charge in [0.05, 0.1) is 7.11 Å². The fraction of sp³-hybridized carbons (Fsp3) is 0.278. The summed E-state index contributed by atoms with van der Waals surface area (Å²) in [6.07, 6.45) is 0.782. The lowest BCUT2D eigenvalue weighted by Crippen LogP contribution is -2.30. The molecule has 0 fully saturated rings. The third-order valence-electron chi connectivity index (χ3n) is 3.50. The van der Waals surface area contributed by atoms with Crippen LogP contribution in [-0.4, -0.2) is 19.7 Å². The van der Waals surface area contributed by atoms with Crippen molar-refractivity contribution in [3.8, 4) is 5.75 Å². The van der Waals surface area contributed by atoms with Gasteiger partial charge in [-0.25, -0.2) is 4.79 Å². The Morgan fingerprint density at radius 1 is 1.09 bits per heavy atom. The number of hydrogen-bond acceptors (Lipinski definition) is 2. The number of ether oxygens (including phenoxy) is 1. The summed E-state index contributed by atoms with van der Waals surface area (Å²) in [5.41, 5.74) is 4.19. The minimum atomic E-state index is -0.179. The van der Waals surface area contributed by atoms with Crippen LogP contribution < -0.4 is 15.4 Å². The molecule has 0 unspecified atom stereocenters. The first-order chi connectivity index (χ1) is 10.6. The second kappa shape index (κ2) is 7.50. The Labute approximate surface area is 131 Å². The summed E-state index contributed by atoms with van der Waals surface area (Å²) >= 11 is 0. The highest BCUT2D eigenvalue weighted by atomic mass is 16.5. The molecule has 0 heterocycles. The fourth-order valence-electron chi connectivity index (χ4n) is 2.15. The minimum absolute atomic E-state index is 0.179. The lowest BCUT2D eigenvalue weighted by atomic mass is 10.1. The monoisotopic (exact) mass is 298 g/mol. The standard InChI is InChI=1S/C18H22N2O2/c1-13-4-5-14(2)17(12-13)20-18(21)19-11-10-15-6-8-16(22-3)9-7-15/h4-9,12H,10-11H2,1-3H3,(H2,19,20,21). The van der Waals surface area contributed by atoms with Crippen molar-refractivity contribution >= 4 is 11.7 Å². The fourth-order valence-corrected chi connectivity index (χ4v) is 2.15. The molecule has 4 heteroatoms. The number of nitrogens with one attached hydrogen (secondary N) is 2. The molecule has 2 aromatic carbocycles. The van der Waals surface area contributed by atoms with Gasteiger partial charge in [-0.15, -0.1) is 0 Å². The first-order valence-corrected chi connectivity index (χ1v) is 7.33. The van der Waals surface area contributed by atoms with Crippen molar-refractivity contribution in [1.29, 1.82) is 0 Å². The number of hydrogen-bond donors (Lipinski definition) is 2. The number of benzene rings is 2. The second-order valence-corrected chi connectivity index (χ2v) is 5.30. The normalized spacial score (nSPS) is 10.1. The van der Waals surface area contributed by atoms with E-state index in [9.17, 15) is 4.79 Å². The van der Waals surface area contributed by atoms with Gasteiger partial charge >= 0.3 is 6.03 Å². The quantitative estimate of drug-likeness (QED) is 0.884. The summed E-state index contributed by atoms with van der Waals surface area (Å²) in [6, 6.07) is 13.7. The van der Waals surface area contributed by atoms with Gasteiger partial charge in [-0.1, -0.05) is 24.3 Å². The van der Waals surface area contributed by atoms with Gasteiger partial charge in [0.2, 0.25) is 0 Å². The second-order valence-electron chi connectivity index (χ2n) is 5.30. The molecule has 2 N–H and O–H groups in total. The molecular weight excluding hydrogens is 276 g/mol. The van der Waals surface area contributed by atoms with Gasteiger partial charge in [-0.3, -0.25) is 0 Å². The van der Waals surface area contributed by atoms with Gasteiger partial charge in [-0.05, 0) is 55.2 Å². The SMILES string of the molecule is COc1ccc(CCNC(=O)Nc2cc(C)ccc2C)cc1. The van der Waals surface area contributed by atoms with Crippen molar-refractivity contribution in [3.05, 3.63) is 59.2 Å². The molecule has 0 atom stereocenters. The number of carbonyl (C=O) groups is 1. The molecule has 0 bridgehead atoms. The van der Waals surface area contributed by atoms with E-state index in [2.05, 4.69) is 10.6 Å². The van der Waals surface area contributed by atoms with Crippen LogP contribution in [0.25, 0.3) is 0 Å². The molecule has 0 saturated carbocycles. The van der Waals surface area contributed by atoms with Crippen LogP contribution >= 0.6 is 0 Å². The third-order valence-corrected chi connectivity index (χ3v) is 3.50. The summed E-state index contributed by atoms with van der Waals surface area (Å²) < 4.78 is 5.12. The van der Waals surface area contributed by atoms with Gasteiger partial charge in [0, 0.05) is 12.2 Å². The summed E-state index contributed by atoms with van der Waals surface area (Å²) in [7, 11) is 1.65. The largest absolute Gasteiger partial charge is 0.497 e. The van der Waals surface area contributed by atoms with Crippen molar-refractivity contribution in [2.45, 2.75) is 20.3 Å². The highest BCUT2D eigenvalue weighted by molar-refractivity contribution is 5.90. The van der Waals surface area contributed by atoms with Crippen LogP contribution in [0.4, 0.5) is 10.5 Å². The first kappa shape index (κ1) is 15.9. The molecular formula is C18H22N2O2. The van der Waals surface area contributed by atoms with Gasteiger partial charge in [0.15, 0.2) is 0 Å². The molecule has 0 aromatic heterocycles. The van der Waals surface area contributed by atoms with Crippen LogP contribution in [0.3, 0.4) is 0 Å². The molecule has 2 aromatic rings. The first-order valence-electron chi connectivity index (χ1n) is 7.33. The van der Waals surface area contributed by atoms with E-state index in [1.807, 2.05) is 56.3 Å². The van der Waals surface area contributed by atoms with E-state index in [1.165, 1.54) is 0 Å². The molecule has 0 saturated heterocycles. The number of anilines is 1. The molecule has 0 radical (unpaired) electrons. The number of aryl methyl sites for hydroxylation is 2. The van der Waals surface area contributed by atoms with Crippen LogP contribution in [-0.2, 0) is 6.42 Å². The lowest BCUT2D eigenvalue weighted by molar-refractivity contribution is 0.252. The molecule has 0 aliphatic carbocycles. The average molecular weight is 298 g/mol. The predicted octanol–water partition coefficient (Wildman–Crippen LogP) is 3.68. The maximum absolute atomic E-state index is 11.9. The Kier molecular flexibility index (Phi) is 5.42. The molecule has 0 spiro atoms. The van der Waals surface area contributed by atoms with E-state index in [-0.39, 0.29) is 6.03 Å². The maximum Gasteiger partial charge on any atom is 0.319 e. The molecule has 0 aliphatic rings. The summed E-state index contributed by atoms with van der Waals surface area (Å²) in [5.74, 6) is 0.837. The molecule has 116 valence electrons. The van der Waals surface area contributed by atoms with Crippen molar-refractivity contribution in [2.24, 2.45) is 0 Å². The van der Waals surface area contributed by atoms with Crippen molar-refractivity contribution in [2.75, 3.05) is 19.0 Å². The molecule has 2 amide bonds. The average Bonchev–Trinajstić information content (AvgIpc) is 2.51. The Morgan fingerprint density at radius 3 is 2.50 bits per heavy atom. The van der Waals surface area contributed by atoms with E-state index in [4.69, 9.17) is 4.74 Å². The summed E-state index contributed by atoms with van der Waals surface area (Å²) in [5, 5.41) is 5.76. The lowest BCUT2D eigenvalue weighted by Gasteiger charge is -2.11. The zero-order valence-corrected chi connectivity index (χ0v) is 13.3. The van der Waals surface area contributed by atoms with Gasteiger partial charge in [0.1, 0.15) is 5.75 Å². The van der Waals surface area contributed by atoms with Crippen LogP contribution in [0.15, 0.2) is 42.5 Å². The molecule has 0 aliphatic heterocycles. The number of carbonyl (C=O) groups excluding carboxylic acids is 1. The highest BCUT2D eigenvalue weighted by Crippen LogP contribution is 2.16. The number of methoxy groups -OCH3 is 1. The minimum Gasteiger partial charge on any atom is -0.497 e. The molecule has 2 rings (SSSR count). The van der Waals surface area contributed by atoms with Crippen LogP contribution in [0, 0.1) is 13.8 Å². The zero-order valence-electron chi connectivity index (χ0n) is 13.3. The smallest absolute Gasteiger partial charge is 0.319 e. The highest BCUT2D eigenvalue weighted by Gasteiger charge is 2.04. The predicted molar refractivity (Wildman–Crippen MR) is 89.6 cm³/mol. The van der Waals surface area contributed by atoms with E-state index >= 15 is 0 Å². The number of rotatable bonds is 5. The Morgan fingerprint density at radius 2 is 1.82 bits per heavy atom. The van der Waals surface area contributed by atoms with Crippen molar-refractivity contribution in [3.63, 3.8) is 0 Å². The zero-order chi connectivity index (χ0) is 15.9. The Balaban J connectivity index is 1.81. The van der Waals surface area contributed by atoms with E-state index in [0.29, 0.717) is 6.54 Å². The Hall–Kier alpha value is -2.49. The van der Waals surface area contributed by atoms with E-state index < -0.39 is 0 Å². The van der Waals surface area contributed by atoms with Crippen LogP contribution in [0.2, 0.25) is 0 Å². The van der Waals surface area contributed by atoms with E-state index in [1.54, 1.807) is 7.11 Å². The summed E-state index contributed by atoms with van der Waals surface area (Å²) in [6.45, 7) is 4.57. The number of urea groups is 1. The van der Waals surface area contributed by atoms with Crippen molar-refractivity contribution in [1.82, 2.24) is 5.32 Å². The van der Waals surface area contributed by atoms with Crippen LogP contribution in [0.1, 0.15) is 16.7 Å². The van der Waals surface area contributed by atoms with Gasteiger partial charge in [0.25, 0.3) is 0 Å². The van der Waals surface area contributed by atoms with E-state index in [0.717, 1.165) is 34.5 Å².